The first-order valence-electron chi connectivity index (χ1n) is 9.06. The summed E-state index contributed by atoms with van der Waals surface area (Å²) in [6, 6.07) is 0. The minimum Gasteiger partial charge on any atom is -0.329 e. The third-order valence-corrected chi connectivity index (χ3v) is 6.17. The highest BCUT2D eigenvalue weighted by atomic mass is 15.2. The molecule has 2 N–H and O–H groups in total. The third kappa shape index (κ3) is 3.57. The lowest BCUT2D eigenvalue weighted by Gasteiger charge is -2.41. The molecule has 1 aliphatic carbocycles. The molecule has 1 aliphatic heterocycles. The standard InChI is InChI=1S/C18H36N2/c1-4-6-16-9-12-20(13-16)18(14-19)10-5-7-17(8-11-18)15(2)3/h15-17H,4-14,19H2,1-3H3. The fourth-order valence-electron chi connectivity index (χ4n) is 4.64. The Labute approximate surface area is 126 Å². The van der Waals surface area contributed by atoms with Crippen LogP contribution in [0.15, 0.2) is 0 Å². The molecule has 0 bridgehead atoms. The van der Waals surface area contributed by atoms with E-state index in [0.29, 0.717) is 5.54 Å². The van der Waals surface area contributed by atoms with Gasteiger partial charge in [0.05, 0.1) is 0 Å². The van der Waals surface area contributed by atoms with Gasteiger partial charge in [-0.25, -0.2) is 0 Å². The molecule has 3 unspecified atom stereocenters. The lowest BCUT2D eigenvalue weighted by Crippen LogP contribution is -2.52. The van der Waals surface area contributed by atoms with E-state index in [9.17, 15) is 0 Å². The molecule has 0 spiro atoms. The predicted molar refractivity (Wildman–Crippen MR) is 87.8 cm³/mol. The van der Waals surface area contributed by atoms with Crippen LogP contribution in [-0.4, -0.2) is 30.1 Å². The van der Waals surface area contributed by atoms with Gasteiger partial charge in [-0.05, 0) is 56.4 Å². The number of nitrogens with zero attached hydrogens (tertiary/aromatic N) is 1. The molecular weight excluding hydrogens is 244 g/mol. The smallest absolute Gasteiger partial charge is 0.0331 e. The summed E-state index contributed by atoms with van der Waals surface area (Å²) in [5.74, 6) is 2.71. The third-order valence-electron chi connectivity index (χ3n) is 6.17. The van der Waals surface area contributed by atoms with Gasteiger partial charge in [0.2, 0.25) is 0 Å². The number of hydrogen-bond donors (Lipinski definition) is 1. The van der Waals surface area contributed by atoms with Crippen LogP contribution in [0.4, 0.5) is 0 Å². The molecule has 1 saturated carbocycles. The summed E-state index contributed by atoms with van der Waals surface area (Å²) in [5, 5.41) is 0. The van der Waals surface area contributed by atoms with Gasteiger partial charge in [0.1, 0.15) is 0 Å². The number of hydrogen-bond acceptors (Lipinski definition) is 2. The Bertz CT molecular complexity index is 289. The summed E-state index contributed by atoms with van der Waals surface area (Å²) >= 11 is 0. The second kappa shape index (κ2) is 7.26. The zero-order valence-corrected chi connectivity index (χ0v) is 14.0. The minimum atomic E-state index is 0.339. The molecule has 118 valence electrons. The maximum Gasteiger partial charge on any atom is 0.0331 e. The van der Waals surface area contributed by atoms with Crippen molar-refractivity contribution in [1.82, 2.24) is 4.90 Å². The van der Waals surface area contributed by atoms with E-state index >= 15 is 0 Å². The van der Waals surface area contributed by atoms with Crippen LogP contribution in [0.5, 0.6) is 0 Å². The van der Waals surface area contributed by atoms with Crippen LogP contribution in [0.25, 0.3) is 0 Å². The Hall–Kier alpha value is -0.0800. The molecule has 0 aromatic heterocycles. The van der Waals surface area contributed by atoms with Crippen LogP contribution in [0, 0.1) is 17.8 Å². The zero-order chi connectivity index (χ0) is 14.6. The fourth-order valence-corrected chi connectivity index (χ4v) is 4.64. The Kier molecular flexibility index (Phi) is 5.92. The molecule has 2 rings (SSSR count). The van der Waals surface area contributed by atoms with Crippen LogP contribution < -0.4 is 5.73 Å². The van der Waals surface area contributed by atoms with Crippen molar-refractivity contribution in [1.29, 1.82) is 0 Å². The maximum atomic E-state index is 6.29. The maximum absolute atomic E-state index is 6.29. The van der Waals surface area contributed by atoms with Crippen molar-refractivity contribution in [3.8, 4) is 0 Å². The van der Waals surface area contributed by atoms with Crippen molar-refractivity contribution < 1.29 is 0 Å². The van der Waals surface area contributed by atoms with Crippen LogP contribution in [0.1, 0.15) is 72.1 Å². The summed E-state index contributed by atoms with van der Waals surface area (Å²) in [6.45, 7) is 10.6. The van der Waals surface area contributed by atoms with E-state index < -0.39 is 0 Å². The molecule has 3 atom stereocenters. The van der Waals surface area contributed by atoms with Gasteiger partial charge >= 0.3 is 0 Å². The van der Waals surface area contributed by atoms with Crippen molar-refractivity contribution in [2.45, 2.75) is 77.7 Å². The summed E-state index contributed by atoms with van der Waals surface area (Å²) in [7, 11) is 0. The largest absolute Gasteiger partial charge is 0.329 e. The lowest BCUT2D eigenvalue weighted by atomic mass is 9.85. The molecule has 2 nitrogen and oxygen atoms in total. The fraction of sp³-hybridized carbons (Fsp3) is 1.00. The molecule has 0 radical (unpaired) electrons. The first-order chi connectivity index (χ1) is 9.61. The Morgan fingerprint density at radius 1 is 1.20 bits per heavy atom. The van der Waals surface area contributed by atoms with Crippen molar-refractivity contribution >= 4 is 0 Å². The van der Waals surface area contributed by atoms with Gasteiger partial charge in [0, 0.05) is 18.6 Å². The van der Waals surface area contributed by atoms with E-state index in [-0.39, 0.29) is 0 Å². The Balaban J connectivity index is 1.99. The SMILES string of the molecule is CCCC1CCN(C2(CN)CCCC(C(C)C)CC2)C1. The minimum absolute atomic E-state index is 0.339. The van der Waals surface area contributed by atoms with E-state index in [1.165, 1.54) is 64.5 Å². The highest BCUT2D eigenvalue weighted by Crippen LogP contribution is 2.39. The second-order valence-corrected chi connectivity index (χ2v) is 7.75. The number of likely N-dealkylation sites (tertiary alicyclic amines) is 1. The van der Waals surface area contributed by atoms with E-state index in [1.54, 1.807) is 0 Å². The van der Waals surface area contributed by atoms with Gasteiger partial charge in [0.15, 0.2) is 0 Å². The van der Waals surface area contributed by atoms with Crippen LogP contribution in [0.3, 0.4) is 0 Å². The Morgan fingerprint density at radius 2 is 2.00 bits per heavy atom. The van der Waals surface area contributed by atoms with Crippen LogP contribution in [0.2, 0.25) is 0 Å². The quantitative estimate of drug-likeness (QED) is 0.770. The van der Waals surface area contributed by atoms with E-state index in [1.807, 2.05) is 0 Å². The van der Waals surface area contributed by atoms with Crippen molar-refractivity contribution in [3.05, 3.63) is 0 Å². The molecule has 0 aromatic rings. The zero-order valence-electron chi connectivity index (χ0n) is 14.0. The highest BCUT2D eigenvalue weighted by molar-refractivity contribution is 4.97. The molecule has 2 aliphatic rings. The van der Waals surface area contributed by atoms with Crippen molar-refractivity contribution in [3.63, 3.8) is 0 Å². The van der Waals surface area contributed by atoms with Crippen LogP contribution in [-0.2, 0) is 0 Å². The average molecular weight is 280 g/mol. The molecule has 2 fully saturated rings. The van der Waals surface area contributed by atoms with E-state index in [4.69, 9.17) is 5.73 Å². The lowest BCUT2D eigenvalue weighted by molar-refractivity contribution is 0.0981. The normalized spacial score (nSPS) is 36.5. The van der Waals surface area contributed by atoms with E-state index in [0.717, 1.165) is 24.3 Å². The monoisotopic (exact) mass is 280 g/mol. The van der Waals surface area contributed by atoms with Crippen molar-refractivity contribution in [2.24, 2.45) is 23.5 Å². The van der Waals surface area contributed by atoms with Crippen LogP contribution >= 0.6 is 0 Å². The Morgan fingerprint density at radius 3 is 2.65 bits per heavy atom. The molecular formula is C18H36N2. The molecule has 0 aromatic carbocycles. The first kappa shape index (κ1) is 16.3. The average Bonchev–Trinajstić information content (AvgIpc) is 2.78. The number of rotatable bonds is 5. The molecule has 1 saturated heterocycles. The van der Waals surface area contributed by atoms with Gasteiger partial charge in [-0.1, -0.05) is 40.0 Å². The molecule has 1 heterocycles. The van der Waals surface area contributed by atoms with Gasteiger partial charge in [-0.3, -0.25) is 4.90 Å². The molecule has 2 heteroatoms. The predicted octanol–water partition coefficient (Wildman–Crippen LogP) is 4.04. The second-order valence-electron chi connectivity index (χ2n) is 7.75. The van der Waals surface area contributed by atoms with Gasteiger partial charge in [-0.15, -0.1) is 0 Å². The first-order valence-corrected chi connectivity index (χ1v) is 9.06. The molecule has 0 amide bonds. The topological polar surface area (TPSA) is 29.3 Å². The van der Waals surface area contributed by atoms with Gasteiger partial charge in [-0.2, -0.15) is 0 Å². The number of nitrogens with two attached hydrogens (primary N) is 1. The summed E-state index contributed by atoms with van der Waals surface area (Å²) in [6.07, 6.45) is 11.0. The van der Waals surface area contributed by atoms with Gasteiger partial charge < -0.3 is 5.73 Å². The molecule has 20 heavy (non-hydrogen) atoms. The summed E-state index contributed by atoms with van der Waals surface area (Å²) < 4.78 is 0. The van der Waals surface area contributed by atoms with E-state index in [2.05, 4.69) is 25.7 Å². The summed E-state index contributed by atoms with van der Waals surface area (Å²) in [4.78, 5) is 2.79. The van der Waals surface area contributed by atoms with Gasteiger partial charge in [0.25, 0.3) is 0 Å². The van der Waals surface area contributed by atoms with Crippen molar-refractivity contribution in [2.75, 3.05) is 19.6 Å². The highest BCUT2D eigenvalue weighted by Gasteiger charge is 2.40. The summed E-state index contributed by atoms with van der Waals surface area (Å²) in [5.41, 5.74) is 6.63.